The molecule has 1 aromatic heterocycles. The van der Waals surface area contributed by atoms with Gasteiger partial charge in [-0.05, 0) is 55.0 Å². The third kappa shape index (κ3) is 3.60. The minimum atomic E-state index is -0.666. The SMILES string of the molecule is C=CCOc1ccc(C2c3c(oc4ccc(C)cc4c3=O)C(=O)N2c2cccc(Cl)c2)cc1. The van der Waals surface area contributed by atoms with Crippen LogP contribution < -0.4 is 15.1 Å². The summed E-state index contributed by atoms with van der Waals surface area (Å²) in [6.45, 7) is 5.95. The molecule has 5 nitrogen and oxygen atoms in total. The Labute approximate surface area is 195 Å². The fourth-order valence-corrected chi connectivity index (χ4v) is 4.38. The van der Waals surface area contributed by atoms with Gasteiger partial charge in [0.15, 0.2) is 5.43 Å². The van der Waals surface area contributed by atoms with Crippen molar-refractivity contribution < 1.29 is 13.9 Å². The van der Waals surface area contributed by atoms with Gasteiger partial charge in [0.1, 0.15) is 17.9 Å². The number of anilines is 1. The zero-order valence-electron chi connectivity index (χ0n) is 17.9. The molecule has 3 aromatic carbocycles. The van der Waals surface area contributed by atoms with E-state index in [-0.39, 0.29) is 17.1 Å². The quantitative estimate of drug-likeness (QED) is 0.341. The monoisotopic (exact) mass is 457 g/mol. The molecule has 1 atom stereocenters. The number of hydrogen-bond acceptors (Lipinski definition) is 4. The molecule has 1 aliphatic rings. The van der Waals surface area contributed by atoms with Crippen LogP contribution in [0.4, 0.5) is 5.69 Å². The molecule has 2 heterocycles. The number of benzene rings is 3. The summed E-state index contributed by atoms with van der Waals surface area (Å²) in [5.41, 5.74) is 2.76. The van der Waals surface area contributed by atoms with E-state index in [4.69, 9.17) is 20.8 Å². The molecule has 4 aromatic rings. The Morgan fingerprint density at radius 1 is 1.09 bits per heavy atom. The minimum absolute atomic E-state index is 0.0494. The van der Waals surface area contributed by atoms with Crippen molar-refractivity contribution in [1.29, 1.82) is 0 Å². The third-order valence-corrected chi connectivity index (χ3v) is 5.91. The van der Waals surface area contributed by atoms with Crippen LogP contribution in [-0.2, 0) is 0 Å². The summed E-state index contributed by atoms with van der Waals surface area (Å²) in [4.78, 5) is 28.8. The maximum Gasteiger partial charge on any atom is 0.295 e. The number of aryl methyl sites for hydroxylation is 1. The van der Waals surface area contributed by atoms with Gasteiger partial charge in [-0.2, -0.15) is 0 Å². The minimum Gasteiger partial charge on any atom is -0.490 e. The van der Waals surface area contributed by atoms with Crippen LogP contribution in [-0.4, -0.2) is 12.5 Å². The van der Waals surface area contributed by atoms with E-state index >= 15 is 0 Å². The van der Waals surface area contributed by atoms with Crippen molar-refractivity contribution in [1.82, 2.24) is 0 Å². The van der Waals surface area contributed by atoms with Crippen molar-refractivity contribution in [3.63, 3.8) is 0 Å². The zero-order valence-corrected chi connectivity index (χ0v) is 18.6. The number of rotatable bonds is 5. The Bertz CT molecular complexity index is 1460. The first kappa shape index (κ1) is 21.0. The number of carbonyl (C=O) groups is 1. The van der Waals surface area contributed by atoms with Gasteiger partial charge < -0.3 is 9.15 Å². The first-order chi connectivity index (χ1) is 16.0. The molecule has 1 unspecified atom stereocenters. The van der Waals surface area contributed by atoms with Crippen LogP contribution in [0, 0.1) is 6.92 Å². The molecule has 1 aliphatic heterocycles. The molecule has 164 valence electrons. The first-order valence-corrected chi connectivity index (χ1v) is 10.9. The molecule has 0 saturated heterocycles. The van der Waals surface area contributed by atoms with Crippen molar-refractivity contribution in [2.45, 2.75) is 13.0 Å². The van der Waals surface area contributed by atoms with Crippen LogP contribution in [0.1, 0.15) is 33.3 Å². The van der Waals surface area contributed by atoms with E-state index in [0.717, 1.165) is 11.1 Å². The predicted octanol–water partition coefficient (Wildman–Crippen LogP) is 6.07. The van der Waals surface area contributed by atoms with Gasteiger partial charge in [-0.3, -0.25) is 14.5 Å². The molecule has 5 rings (SSSR count). The van der Waals surface area contributed by atoms with Gasteiger partial charge >= 0.3 is 0 Å². The second-order valence-corrected chi connectivity index (χ2v) is 8.34. The third-order valence-electron chi connectivity index (χ3n) is 5.68. The summed E-state index contributed by atoms with van der Waals surface area (Å²) in [5.74, 6) is 0.329. The summed E-state index contributed by atoms with van der Waals surface area (Å²) in [7, 11) is 0. The second-order valence-electron chi connectivity index (χ2n) is 7.90. The van der Waals surface area contributed by atoms with Gasteiger partial charge in [0.2, 0.25) is 5.76 Å². The highest BCUT2D eigenvalue weighted by Gasteiger charge is 2.43. The van der Waals surface area contributed by atoms with Gasteiger partial charge in [-0.15, -0.1) is 0 Å². The van der Waals surface area contributed by atoms with E-state index in [2.05, 4.69) is 6.58 Å². The topological polar surface area (TPSA) is 59.8 Å². The van der Waals surface area contributed by atoms with Crippen molar-refractivity contribution in [2.75, 3.05) is 11.5 Å². The van der Waals surface area contributed by atoms with Crippen LogP contribution >= 0.6 is 11.6 Å². The molecule has 0 saturated carbocycles. The largest absolute Gasteiger partial charge is 0.490 e. The number of carbonyl (C=O) groups excluding carboxylic acids is 1. The van der Waals surface area contributed by atoms with Crippen LogP contribution in [0.25, 0.3) is 11.0 Å². The molecule has 0 N–H and O–H groups in total. The molecule has 6 heteroatoms. The van der Waals surface area contributed by atoms with E-state index < -0.39 is 6.04 Å². The number of hydrogen-bond donors (Lipinski definition) is 0. The van der Waals surface area contributed by atoms with Crippen molar-refractivity contribution in [3.8, 4) is 5.75 Å². The summed E-state index contributed by atoms with van der Waals surface area (Å²) < 4.78 is 11.6. The van der Waals surface area contributed by atoms with Gasteiger partial charge in [0.05, 0.1) is 17.0 Å². The van der Waals surface area contributed by atoms with Crippen molar-refractivity contribution in [2.24, 2.45) is 0 Å². The molecule has 1 amide bonds. The van der Waals surface area contributed by atoms with Crippen LogP contribution in [0.15, 0.2) is 88.6 Å². The molecule has 0 fully saturated rings. The van der Waals surface area contributed by atoms with E-state index in [1.807, 2.05) is 37.3 Å². The van der Waals surface area contributed by atoms with Gasteiger partial charge in [-0.1, -0.05) is 54.1 Å². The normalized spacial score (nSPS) is 15.0. The average Bonchev–Trinajstić information content (AvgIpc) is 3.11. The fraction of sp³-hybridized carbons (Fsp3) is 0.111. The second kappa shape index (κ2) is 8.26. The van der Waals surface area contributed by atoms with E-state index in [0.29, 0.717) is 39.6 Å². The average molecular weight is 458 g/mol. The lowest BCUT2D eigenvalue weighted by molar-refractivity contribution is 0.0971. The summed E-state index contributed by atoms with van der Waals surface area (Å²) >= 11 is 6.23. The number of halogens is 1. The highest BCUT2D eigenvalue weighted by atomic mass is 35.5. The summed E-state index contributed by atoms with van der Waals surface area (Å²) in [5, 5.41) is 0.939. The van der Waals surface area contributed by atoms with Crippen LogP contribution in [0.2, 0.25) is 5.02 Å². The highest BCUT2D eigenvalue weighted by molar-refractivity contribution is 6.31. The van der Waals surface area contributed by atoms with E-state index in [1.54, 1.807) is 47.4 Å². The van der Waals surface area contributed by atoms with Crippen molar-refractivity contribution >= 4 is 34.2 Å². The Morgan fingerprint density at radius 3 is 2.61 bits per heavy atom. The molecule has 0 radical (unpaired) electrons. The lowest BCUT2D eigenvalue weighted by Crippen LogP contribution is -2.29. The summed E-state index contributed by atoms with van der Waals surface area (Å²) in [6.07, 6.45) is 1.67. The standard InChI is InChI=1S/C27H20ClNO4/c1-3-13-32-20-10-8-17(9-11-20)24-23-25(30)21-14-16(2)7-12-22(21)33-26(23)27(31)29(24)19-6-4-5-18(28)15-19/h3-12,14-15,24H,1,13H2,2H3. The number of nitrogens with zero attached hydrogens (tertiary/aromatic N) is 1. The molecule has 0 bridgehead atoms. The van der Waals surface area contributed by atoms with Gasteiger partial charge in [0, 0.05) is 10.7 Å². The predicted molar refractivity (Wildman–Crippen MR) is 129 cm³/mol. The van der Waals surface area contributed by atoms with Crippen LogP contribution in [0.3, 0.4) is 0 Å². The van der Waals surface area contributed by atoms with Crippen molar-refractivity contribution in [3.05, 3.63) is 117 Å². The molecular formula is C27H20ClNO4. The maximum absolute atomic E-state index is 13.7. The summed E-state index contributed by atoms with van der Waals surface area (Å²) in [6, 6.07) is 19.0. The zero-order chi connectivity index (χ0) is 23.1. The Morgan fingerprint density at radius 2 is 1.88 bits per heavy atom. The Balaban J connectivity index is 1.73. The number of fused-ring (bicyclic) bond motifs is 2. The molecule has 0 spiro atoms. The number of amides is 1. The van der Waals surface area contributed by atoms with Gasteiger partial charge in [-0.25, -0.2) is 0 Å². The Hall–Kier alpha value is -3.83. The van der Waals surface area contributed by atoms with Gasteiger partial charge in [0.25, 0.3) is 5.91 Å². The smallest absolute Gasteiger partial charge is 0.295 e. The van der Waals surface area contributed by atoms with Crippen LogP contribution in [0.5, 0.6) is 5.75 Å². The first-order valence-electron chi connectivity index (χ1n) is 10.5. The molecule has 0 aliphatic carbocycles. The highest BCUT2D eigenvalue weighted by Crippen LogP contribution is 2.42. The lowest BCUT2D eigenvalue weighted by Gasteiger charge is -2.25. The fourth-order valence-electron chi connectivity index (χ4n) is 4.20. The maximum atomic E-state index is 13.7. The van der Waals surface area contributed by atoms with E-state index in [9.17, 15) is 9.59 Å². The lowest BCUT2D eigenvalue weighted by atomic mass is 9.98. The molecular weight excluding hydrogens is 438 g/mol. The van der Waals surface area contributed by atoms with E-state index in [1.165, 1.54) is 0 Å². The number of ether oxygens (including phenoxy) is 1. The Kier molecular flexibility index (Phi) is 5.27. The molecule has 33 heavy (non-hydrogen) atoms.